The summed E-state index contributed by atoms with van der Waals surface area (Å²) in [6.07, 6.45) is 7.01. The number of amides is 1. The summed E-state index contributed by atoms with van der Waals surface area (Å²) < 4.78 is 0. The molecule has 4 rings (SSSR count). The number of allylic oxidation sites excluding steroid dienone is 2. The van der Waals surface area contributed by atoms with Crippen molar-refractivity contribution in [3.8, 4) is 0 Å². The molecule has 1 aromatic carbocycles. The van der Waals surface area contributed by atoms with Gasteiger partial charge in [0.2, 0.25) is 5.91 Å². The lowest BCUT2D eigenvalue weighted by atomic mass is 9.73. The Balaban J connectivity index is 1.44. The molecule has 4 heteroatoms. The minimum absolute atomic E-state index is 0.133. The lowest BCUT2D eigenvalue weighted by molar-refractivity contribution is -0.140. The Kier molecular flexibility index (Phi) is 4.65. The van der Waals surface area contributed by atoms with Gasteiger partial charge in [0.05, 0.1) is 6.61 Å². The van der Waals surface area contributed by atoms with Crippen LogP contribution in [0.4, 0.5) is 0 Å². The smallest absolute Gasteiger partial charge is 0.226 e. The van der Waals surface area contributed by atoms with Crippen molar-refractivity contribution in [1.29, 1.82) is 0 Å². The van der Waals surface area contributed by atoms with Crippen molar-refractivity contribution in [2.24, 2.45) is 17.3 Å². The van der Waals surface area contributed by atoms with Gasteiger partial charge in [-0.15, -0.1) is 0 Å². The first-order valence-corrected chi connectivity index (χ1v) is 9.51. The fourth-order valence-corrected chi connectivity index (χ4v) is 4.95. The number of rotatable bonds is 4. The number of likely N-dealkylation sites (tertiary alicyclic amines) is 2. The van der Waals surface area contributed by atoms with Crippen LogP contribution in [-0.2, 0) is 11.3 Å². The van der Waals surface area contributed by atoms with E-state index in [1.807, 2.05) is 11.0 Å². The van der Waals surface area contributed by atoms with Crippen LogP contribution in [0.25, 0.3) is 0 Å². The molecule has 25 heavy (non-hydrogen) atoms. The number of carbonyl (C=O) groups excluding carboxylic acids is 1. The first kappa shape index (κ1) is 16.8. The highest BCUT2D eigenvalue weighted by Crippen LogP contribution is 2.43. The van der Waals surface area contributed by atoms with Gasteiger partial charge < -0.3 is 10.0 Å². The summed E-state index contributed by atoms with van der Waals surface area (Å²) in [5.74, 6) is 0.916. The number of aliphatic hydroxyl groups is 1. The zero-order valence-electron chi connectivity index (χ0n) is 14.8. The molecule has 3 aliphatic rings. The Morgan fingerprint density at radius 2 is 1.92 bits per heavy atom. The Morgan fingerprint density at radius 3 is 2.64 bits per heavy atom. The maximum Gasteiger partial charge on any atom is 0.226 e. The lowest BCUT2D eigenvalue weighted by Gasteiger charge is -2.44. The van der Waals surface area contributed by atoms with E-state index in [1.54, 1.807) is 0 Å². The molecule has 2 aliphatic heterocycles. The lowest BCUT2D eigenvalue weighted by Crippen LogP contribution is -2.53. The van der Waals surface area contributed by atoms with Crippen LogP contribution in [0, 0.1) is 17.3 Å². The highest BCUT2D eigenvalue weighted by atomic mass is 16.3. The Labute approximate surface area is 150 Å². The van der Waals surface area contributed by atoms with Gasteiger partial charge in [-0.3, -0.25) is 9.69 Å². The van der Waals surface area contributed by atoms with E-state index in [0.29, 0.717) is 5.92 Å². The molecular formula is C21H28N2O2. The number of carbonyl (C=O) groups is 1. The minimum atomic E-state index is -0.144. The molecule has 0 spiro atoms. The second-order valence-corrected chi connectivity index (χ2v) is 8.06. The van der Waals surface area contributed by atoms with Crippen LogP contribution in [0.3, 0.4) is 0 Å². The molecule has 1 aliphatic carbocycles. The van der Waals surface area contributed by atoms with E-state index in [4.69, 9.17) is 0 Å². The van der Waals surface area contributed by atoms with Gasteiger partial charge in [-0.05, 0) is 30.7 Å². The largest absolute Gasteiger partial charge is 0.396 e. The third-order valence-electron chi connectivity index (χ3n) is 6.37. The molecule has 0 saturated carbocycles. The number of hydrogen-bond donors (Lipinski definition) is 1. The topological polar surface area (TPSA) is 43.8 Å². The van der Waals surface area contributed by atoms with E-state index in [9.17, 15) is 9.90 Å². The number of nitrogens with zero attached hydrogens (tertiary/aromatic N) is 2. The molecule has 1 N–H and O–H groups in total. The summed E-state index contributed by atoms with van der Waals surface area (Å²) in [7, 11) is 0. The maximum absolute atomic E-state index is 12.8. The zero-order chi connectivity index (χ0) is 17.3. The van der Waals surface area contributed by atoms with E-state index in [-0.39, 0.29) is 23.8 Å². The van der Waals surface area contributed by atoms with Crippen molar-refractivity contribution >= 4 is 5.91 Å². The summed E-state index contributed by atoms with van der Waals surface area (Å²) in [6, 6.07) is 10.5. The quantitative estimate of drug-likeness (QED) is 0.856. The van der Waals surface area contributed by atoms with Gasteiger partial charge in [-0.1, -0.05) is 42.5 Å². The molecule has 0 bridgehead atoms. The SMILES string of the molecule is O=C(C1CC=CC1)N1CC[C@H]2CN(Cc3ccccc3)C[C@@]2(CO)C1. The molecule has 2 heterocycles. The Bertz CT molecular complexity index is 637. The zero-order valence-corrected chi connectivity index (χ0v) is 14.8. The fraction of sp³-hybridized carbons (Fsp3) is 0.571. The summed E-state index contributed by atoms with van der Waals surface area (Å²) in [5.41, 5.74) is 1.17. The molecule has 4 nitrogen and oxygen atoms in total. The van der Waals surface area contributed by atoms with Crippen LogP contribution in [0.5, 0.6) is 0 Å². The molecule has 1 amide bonds. The molecule has 2 fully saturated rings. The van der Waals surface area contributed by atoms with Gasteiger partial charge in [-0.2, -0.15) is 0 Å². The van der Waals surface area contributed by atoms with Gasteiger partial charge in [0.1, 0.15) is 0 Å². The molecule has 2 atom stereocenters. The van der Waals surface area contributed by atoms with Crippen molar-refractivity contribution in [2.45, 2.75) is 25.8 Å². The summed E-state index contributed by atoms with van der Waals surface area (Å²) >= 11 is 0. The number of benzene rings is 1. The molecule has 134 valence electrons. The average molecular weight is 340 g/mol. The maximum atomic E-state index is 12.8. The third kappa shape index (κ3) is 3.25. The summed E-state index contributed by atoms with van der Waals surface area (Å²) in [4.78, 5) is 17.3. The van der Waals surface area contributed by atoms with E-state index in [2.05, 4.69) is 41.3 Å². The number of aliphatic hydroxyl groups excluding tert-OH is 1. The minimum Gasteiger partial charge on any atom is -0.396 e. The fourth-order valence-electron chi connectivity index (χ4n) is 4.95. The van der Waals surface area contributed by atoms with Crippen molar-refractivity contribution < 1.29 is 9.90 Å². The van der Waals surface area contributed by atoms with Gasteiger partial charge in [0.25, 0.3) is 0 Å². The second kappa shape index (κ2) is 6.93. The van der Waals surface area contributed by atoms with E-state index in [1.165, 1.54) is 5.56 Å². The normalized spacial score (nSPS) is 30.0. The van der Waals surface area contributed by atoms with Crippen molar-refractivity contribution in [3.05, 3.63) is 48.0 Å². The van der Waals surface area contributed by atoms with E-state index < -0.39 is 0 Å². The van der Waals surface area contributed by atoms with Crippen LogP contribution in [0.1, 0.15) is 24.8 Å². The summed E-state index contributed by atoms with van der Waals surface area (Å²) in [6.45, 7) is 4.59. The van der Waals surface area contributed by atoms with Gasteiger partial charge in [0.15, 0.2) is 0 Å². The van der Waals surface area contributed by atoms with Crippen molar-refractivity contribution in [1.82, 2.24) is 9.80 Å². The number of hydrogen-bond acceptors (Lipinski definition) is 3. The predicted octanol–water partition coefficient (Wildman–Crippen LogP) is 2.30. The van der Waals surface area contributed by atoms with Crippen LogP contribution in [0.15, 0.2) is 42.5 Å². The molecule has 0 radical (unpaired) electrons. The Morgan fingerprint density at radius 1 is 1.16 bits per heavy atom. The predicted molar refractivity (Wildman–Crippen MR) is 97.8 cm³/mol. The van der Waals surface area contributed by atoms with E-state index >= 15 is 0 Å². The van der Waals surface area contributed by atoms with Crippen molar-refractivity contribution in [3.63, 3.8) is 0 Å². The van der Waals surface area contributed by atoms with Crippen LogP contribution in [0.2, 0.25) is 0 Å². The highest BCUT2D eigenvalue weighted by molar-refractivity contribution is 5.79. The third-order valence-corrected chi connectivity index (χ3v) is 6.37. The van der Waals surface area contributed by atoms with E-state index in [0.717, 1.165) is 52.0 Å². The van der Waals surface area contributed by atoms with Crippen LogP contribution in [-0.4, -0.2) is 53.6 Å². The number of piperidine rings is 1. The highest BCUT2D eigenvalue weighted by Gasteiger charge is 2.50. The van der Waals surface area contributed by atoms with Gasteiger partial charge in [0, 0.05) is 44.1 Å². The number of fused-ring (bicyclic) bond motifs is 1. The molecular weight excluding hydrogens is 312 g/mol. The second-order valence-electron chi connectivity index (χ2n) is 8.06. The monoisotopic (exact) mass is 340 g/mol. The molecule has 0 unspecified atom stereocenters. The molecule has 1 aromatic rings. The summed E-state index contributed by atoms with van der Waals surface area (Å²) in [5, 5.41) is 10.2. The first-order valence-electron chi connectivity index (χ1n) is 9.51. The van der Waals surface area contributed by atoms with Gasteiger partial charge in [-0.25, -0.2) is 0 Å². The molecule has 0 aromatic heterocycles. The van der Waals surface area contributed by atoms with Crippen molar-refractivity contribution in [2.75, 3.05) is 32.8 Å². The Hall–Kier alpha value is -1.65. The standard InChI is InChI=1S/C21H28N2O2/c24-16-21-14-22(12-17-6-2-1-3-7-17)13-19(21)10-11-23(15-21)20(25)18-8-4-5-9-18/h1-7,18-19,24H,8-16H2/t19-,21-/m0/s1. The van der Waals surface area contributed by atoms with Gasteiger partial charge >= 0.3 is 0 Å². The van der Waals surface area contributed by atoms with Crippen LogP contribution < -0.4 is 0 Å². The van der Waals surface area contributed by atoms with Crippen LogP contribution >= 0.6 is 0 Å². The molecule has 2 saturated heterocycles. The average Bonchev–Trinajstić information content (AvgIpc) is 3.29. The first-order chi connectivity index (χ1) is 12.2.